The highest BCUT2D eigenvalue weighted by atomic mass is 32.2. The topological polar surface area (TPSA) is 15.8 Å². The van der Waals surface area contributed by atoms with Crippen LogP contribution in [0.2, 0.25) is 0 Å². The molecular weight excluding hydrogens is 178 g/mol. The molecule has 0 amide bonds. The number of rotatable bonds is 0. The Bertz CT molecular complexity index is 482. The van der Waals surface area contributed by atoms with Crippen molar-refractivity contribution in [1.29, 1.82) is 0 Å². The highest BCUT2D eigenvalue weighted by Gasteiger charge is 2.10. The lowest BCUT2D eigenvalue weighted by molar-refractivity contribution is 1.22. The van der Waals surface area contributed by atoms with Gasteiger partial charge in [-0.15, -0.1) is 11.8 Å². The van der Waals surface area contributed by atoms with Crippen LogP contribution in [0, 0.1) is 0 Å². The summed E-state index contributed by atoms with van der Waals surface area (Å²) in [6, 6.07) is 8.45. The predicted molar refractivity (Wildman–Crippen MR) is 58.1 cm³/mol. The van der Waals surface area contributed by atoms with Gasteiger partial charge in [-0.1, -0.05) is 30.4 Å². The van der Waals surface area contributed by atoms with E-state index in [0.717, 1.165) is 5.75 Å². The zero-order valence-corrected chi connectivity index (χ0v) is 7.90. The molecule has 0 atom stereocenters. The lowest BCUT2D eigenvalue weighted by atomic mass is 10.1. The Kier molecular flexibility index (Phi) is 1.49. The van der Waals surface area contributed by atoms with E-state index in [2.05, 4.69) is 41.4 Å². The second-order valence-electron chi connectivity index (χ2n) is 3.13. The summed E-state index contributed by atoms with van der Waals surface area (Å²) in [7, 11) is 0. The van der Waals surface area contributed by atoms with Gasteiger partial charge in [0.1, 0.15) is 0 Å². The molecule has 2 heteroatoms. The number of benzene rings is 1. The first-order valence-electron chi connectivity index (χ1n) is 4.35. The fourth-order valence-corrected chi connectivity index (χ4v) is 2.59. The van der Waals surface area contributed by atoms with Gasteiger partial charge in [0.15, 0.2) is 0 Å². The molecule has 0 aliphatic carbocycles. The van der Waals surface area contributed by atoms with Crippen LogP contribution < -0.4 is 0 Å². The highest BCUT2D eigenvalue weighted by molar-refractivity contribution is 7.99. The van der Waals surface area contributed by atoms with Gasteiger partial charge < -0.3 is 4.98 Å². The molecule has 0 bridgehead atoms. The summed E-state index contributed by atoms with van der Waals surface area (Å²) < 4.78 is 0. The summed E-state index contributed by atoms with van der Waals surface area (Å²) in [6.07, 6.45) is 4.43. The zero-order chi connectivity index (χ0) is 8.67. The van der Waals surface area contributed by atoms with Crippen LogP contribution >= 0.6 is 11.8 Å². The SMILES string of the molecule is C1=Cc2c([nH]c3ccccc23)SC1. The van der Waals surface area contributed by atoms with Gasteiger partial charge in [-0.2, -0.15) is 0 Å². The third-order valence-corrected chi connectivity index (χ3v) is 3.29. The number of aromatic amines is 1. The van der Waals surface area contributed by atoms with Crippen molar-refractivity contribution in [2.45, 2.75) is 5.03 Å². The summed E-state index contributed by atoms with van der Waals surface area (Å²) in [6.45, 7) is 0. The van der Waals surface area contributed by atoms with Crippen molar-refractivity contribution in [3.63, 3.8) is 0 Å². The van der Waals surface area contributed by atoms with Crippen molar-refractivity contribution in [3.05, 3.63) is 35.9 Å². The van der Waals surface area contributed by atoms with Crippen LogP contribution in [-0.2, 0) is 0 Å². The third kappa shape index (κ3) is 1.02. The minimum absolute atomic E-state index is 1.08. The lowest BCUT2D eigenvalue weighted by Gasteiger charge is -2.02. The Labute approximate surface area is 80.8 Å². The summed E-state index contributed by atoms with van der Waals surface area (Å²) in [5.41, 5.74) is 2.60. The van der Waals surface area contributed by atoms with Crippen molar-refractivity contribution < 1.29 is 0 Å². The molecular formula is C11H9NS. The van der Waals surface area contributed by atoms with Gasteiger partial charge in [-0.3, -0.25) is 0 Å². The number of para-hydroxylation sites is 1. The first-order valence-corrected chi connectivity index (χ1v) is 5.34. The standard InChI is InChI=1S/C11H9NS/c1-2-6-10-8(4-1)9-5-3-7-13-11(9)12-10/h1-6,12H,7H2. The van der Waals surface area contributed by atoms with Crippen LogP contribution in [-0.4, -0.2) is 10.7 Å². The molecule has 64 valence electrons. The number of nitrogens with one attached hydrogen (secondary N) is 1. The van der Waals surface area contributed by atoms with Crippen molar-refractivity contribution in [2.75, 3.05) is 5.75 Å². The maximum absolute atomic E-state index is 3.43. The van der Waals surface area contributed by atoms with Crippen LogP contribution in [0.1, 0.15) is 5.56 Å². The van der Waals surface area contributed by atoms with Crippen LogP contribution in [0.15, 0.2) is 35.4 Å². The Morgan fingerprint density at radius 3 is 3.15 bits per heavy atom. The molecule has 0 fully saturated rings. The largest absolute Gasteiger partial charge is 0.349 e. The van der Waals surface area contributed by atoms with Crippen LogP contribution in [0.3, 0.4) is 0 Å². The number of hydrogen-bond donors (Lipinski definition) is 1. The molecule has 1 nitrogen and oxygen atoms in total. The lowest BCUT2D eigenvalue weighted by Crippen LogP contribution is -1.82. The van der Waals surface area contributed by atoms with E-state index in [9.17, 15) is 0 Å². The van der Waals surface area contributed by atoms with Crippen molar-refractivity contribution in [3.8, 4) is 0 Å². The number of hydrogen-bond acceptors (Lipinski definition) is 1. The molecule has 0 radical (unpaired) electrons. The van der Waals surface area contributed by atoms with Crippen LogP contribution in [0.5, 0.6) is 0 Å². The van der Waals surface area contributed by atoms with Crippen LogP contribution in [0.4, 0.5) is 0 Å². The van der Waals surface area contributed by atoms with Gasteiger partial charge in [-0.05, 0) is 6.07 Å². The number of thioether (sulfide) groups is 1. The molecule has 2 aromatic rings. The van der Waals surface area contributed by atoms with E-state index in [-0.39, 0.29) is 0 Å². The number of aromatic nitrogens is 1. The van der Waals surface area contributed by atoms with Gasteiger partial charge in [0.25, 0.3) is 0 Å². The second kappa shape index (κ2) is 2.67. The van der Waals surface area contributed by atoms with E-state index in [1.165, 1.54) is 21.5 Å². The van der Waals surface area contributed by atoms with Crippen molar-refractivity contribution in [1.82, 2.24) is 4.98 Å². The van der Waals surface area contributed by atoms with E-state index >= 15 is 0 Å². The minimum atomic E-state index is 1.08. The molecule has 3 rings (SSSR count). The molecule has 0 spiro atoms. The molecule has 1 aromatic heterocycles. The predicted octanol–water partition coefficient (Wildman–Crippen LogP) is 3.29. The van der Waals surface area contributed by atoms with Gasteiger partial charge in [0, 0.05) is 22.2 Å². The molecule has 0 saturated carbocycles. The summed E-state index contributed by atoms with van der Waals surface area (Å²) in [5, 5.41) is 2.64. The molecule has 1 aliphatic heterocycles. The molecule has 1 aromatic carbocycles. The van der Waals surface area contributed by atoms with Gasteiger partial charge in [-0.25, -0.2) is 0 Å². The fraction of sp³-hybridized carbons (Fsp3) is 0.0909. The third-order valence-electron chi connectivity index (χ3n) is 2.32. The Morgan fingerprint density at radius 1 is 1.23 bits per heavy atom. The highest BCUT2D eigenvalue weighted by Crippen LogP contribution is 2.33. The quantitative estimate of drug-likeness (QED) is 0.669. The summed E-state index contributed by atoms with van der Waals surface area (Å²) in [4.78, 5) is 3.43. The average molecular weight is 187 g/mol. The Hall–Kier alpha value is -1.15. The summed E-state index contributed by atoms with van der Waals surface area (Å²) >= 11 is 1.87. The Morgan fingerprint density at radius 2 is 2.15 bits per heavy atom. The molecule has 2 heterocycles. The zero-order valence-electron chi connectivity index (χ0n) is 7.08. The first-order chi connectivity index (χ1) is 6.45. The molecule has 0 unspecified atom stereocenters. The molecule has 1 N–H and O–H groups in total. The monoisotopic (exact) mass is 187 g/mol. The van der Waals surface area contributed by atoms with E-state index < -0.39 is 0 Å². The molecule has 0 saturated heterocycles. The maximum Gasteiger partial charge on any atom is 0.0809 e. The molecule has 13 heavy (non-hydrogen) atoms. The van der Waals surface area contributed by atoms with Gasteiger partial charge >= 0.3 is 0 Å². The van der Waals surface area contributed by atoms with E-state index in [0.29, 0.717) is 0 Å². The minimum Gasteiger partial charge on any atom is -0.349 e. The second-order valence-corrected chi connectivity index (χ2v) is 4.16. The fourth-order valence-electron chi connectivity index (χ4n) is 1.72. The van der Waals surface area contributed by atoms with E-state index in [1.807, 2.05) is 11.8 Å². The first kappa shape index (κ1) is 7.27. The van der Waals surface area contributed by atoms with E-state index in [1.54, 1.807) is 0 Å². The van der Waals surface area contributed by atoms with Gasteiger partial charge in [0.05, 0.1) is 5.03 Å². The van der Waals surface area contributed by atoms with Crippen molar-refractivity contribution in [2.24, 2.45) is 0 Å². The van der Waals surface area contributed by atoms with E-state index in [4.69, 9.17) is 0 Å². The smallest absolute Gasteiger partial charge is 0.0809 e. The maximum atomic E-state index is 3.43. The number of fused-ring (bicyclic) bond motifs is 3. The average Bonchev–Trinajstić information content (AvgIpc) is 2.56. The van der Waals surface area contributed by atoms with Crippen molar-refractivity contribution >= 4 is 28.7 Å². The number of H-pyrrole nitrogens is 1. The molecule has 1 aliphatic rings. The Balaban J connectivity index is 2.42. The normalized spacial score (nSPS) is 14.8. The summed E-state index contributed by atoms with van der Waals surface area (Å²) in [5.74, 6) is 1.08. The van der Waals surface area contributed by atoms with Crippen LogP contribution in [0.25, 0.3) is 17.0 Å². The van der Waals surface area contributed by atoms with Gasteiger partial charge in [0.2, 0.25) is 0 Å².